The van der Waals surface area contributed by atoms with Gasteiger partial charge in [0.2, 0.25) is 0 Å². The van der Waals surface area contributed by atoms with Crippen LogP contribution in [0.5, 0.6) is 0 Å². The van der Waals surface area contributed by atoms with Crippen LogP contribution in [0.3, 0.4) is 0 Å². The fourth-order valence-electron chi connectivity index (χ4n) is 6.36. The largest absolute Gasteiger partial charge is 0.456 e. The first-order valence-corrected chi connectivity index (χ1v) is 13.9. The Balaban J connectivity index is 1.17. The molecule has 192 valence electrons. The molecular formula is C38H24N2O. The Bertz CT molecular complexity index is 2340. The molecule has 0 atom stereocenters. The van der Waals surface area contributed by atoms with Crippen LogP contribution >= 0.6 is 0 Å². The predicted octanol–water partition coefficient (Wildman–Crippen LogP) is 10.6. The van der Waals surface area contributed by atoms with E-state index in [4.69, 9.17) is 4.42 Å². The summed E-state index contributed by atoms with van der Waals surface area (Å²) in [5.74, 6) is 0. The van der Waals surface area contributed by atoms with Gasteiger partial charge in [0.15, 0.2) is 0 Å². The first kappa shape index (κ1) is 22.3. The molecule has 6 aromatic carbocycles. The van der Waals surface area contributed by atoms with Crippen molar-refractivity contribution in [1.82, 2.24) is 4.57 Å². The van der Waals surface area contributed by atoms with Crippen LogP contribution in [0.2, 0.25) is 0 Å². The minimum atomic E-state index is 0.908. The maximum Gasteiger partial charge on any atom is 0.136 e. The molecule has 3 heterocycles. The molecule has 1 N–H and O–H groups in total. The third-order valence-corrected chi connectivity index (χ3v) is 8.33. The molecule has 0 bridgehead atoms. The number of hydrogen-bond acceptors (Lipinski definition) is 2. The molecule has 0 saturated heterocycles. The van der Waals surface area contributed by atoms with Gasteiger partial charge in [-0.3, -0.25) is 0 Å². The van der Waals surface area contributed by atoms with E-state index in [1.54, 1.807) is 0 Å². The van der Waals surface area contributed by atoms with Gasteiger partial charge in [0, 0.05) is 44.2 Å². The fourth-order valence-corrected chi connectivity index (χ4v) is 6.36. The van der Waals surface area contributed by atoms with E-state index in [1.807, 2.05) is 12.1 Å². The number of nitrogens with zero attached hydrogens (tertiary/aromatic N) is 1. The number of fused-ring (bicyclic) bond motifs is 8. The summed E-state index contributed by atoms with van der Waals surface area (Å²) in [7, 11) is 0. The number of nitrogens with one attached hydrogen (secondary N) is 1. The lowest BCUT2D eigenvalue weighted by atomic mass is 10.00. The number of hydrogen-bond donors (Lipinski definition) is 1. The van der Waals surface area contributed by atoms with Gasteiger partial charge in [-0.15, -0.1) is 0 Å². The zero-order valence-corrected chi connectivity index (χ0v) is 22.1. The van der Waals surface area contributed by atoms with Crippen LogP contribution in [-0.4, -0.2) is 4.57 Å². The third-order valence-electron chi connectivity index (χ3n) is 8.33. The smallest absolute Gasteiger partial charge is 0.136 e. The average molecular weight is 525 g/mol. The van der Waals surface area contributed by atoms with Crippen LogP contribution in [0, 0.1) is 0 Å². The molecule has 41 heavy (non-hydrogen) atoms. The SMILES string of the molecule is C1=Cc2cc3oc4ccccc4c3cc2Nc2ccc(-c3ccc4c5ccccc5n(-c5ccccc5)c4c3)cc21. The lowest BCUT2D eigenvalue weighted by molar-refractivity contribution is 0.669. The zero-order valence-electron chi connectivity index (χ0n) is 22.1. The van der Waals surface area contributed by atoms with Crippen LogP contribution in [0.25, 0.3) is 72.7 Å². The monoisotopic (exact) mass is 524 g/mol. The van der Waals surface area contributed by atoms with E-state index in [0.717, 1.165) is 44.4 Å². The van der Waals surface area contributed by atoms with E-state index in [9.17, 15) is 0 Å². The average Bonchev–Trinajstić information content (AvgIpc) is 3.48. The van der Waals surface area contributed by atoms with Crippen LogP contribution < -0.4 is 5.32 Å². The number of furan rings is 1. The Hall–Kier alpha value is -5.54. The highest BCUT2D eigenvalue weighted by atomic mass is 16.3. The standard InChI is InChI=1S/C38H24N2O/c1-2-8-28(9-3-1)40-35-12-6-4-10-29(35)30-18-16-25(21-36(30)40)24-17-19-33-26(20-24)14-15-27-22-38-32(23-34(27)39-33)31-11-5-7-13-37(31)41-38/h1-23,39H. The predicted molar refractivity (Wildman–Crippen MR) is 172 cm³/mol. The van der Waals surface area contributed by atoms with Gasteiger partial charge < -0.3 is 14.3 Å². The lowest BCUT2D eigenvalue weighted by Gasteiger charge is -2.12. The fraction of sp³-hybridized carbons (Fsp3) is 0. The van der Waals surface area contributed by atoms with Crippen molar-refractivity contribution in [2.24, 2.45) is 0 Å². The molecule has 3 heteroatoms. The Morgan fingerprint density at radius 3 is 2.07 bits per heavy atom. The summed E-state index contributed by atoms with van der Waals surface area (Å²) < 4.78 is 8.52. The normalized spacial score (nSPS) is 12.5. The number of benzene rings is 6. The topological polar surface area (TPSA) is 30.1 Å². The Morgan fingerprint density at radius 2 is 1.17 bits per heavy atom. The van der Waals surface area contributed by atoms with Crippen molar-refractivity contribution in [3.8, 4) is 16.8 Å². The highest BCUT2D eigenvalue weighted by molar-refractivity contribution is 6.11. The molecule has 0 saturated carbocycles. The van der Waals surface area contributed by atoms with Crippen molar-refractivity contribution in [3.63, 3.8) is 0 Å². The molecule has 0 unspecified atom stereocenters. The summed E-state index contributed by atoms with van der Waals surface area (Å²) in [6, 6.07) is 45.4. The van der Waals surface area contributed by atoms with Gasteiger partial charge in [-0.1, -0.05) is 84.9 Å². The Morgan fingerprint density at radius 1 is 0.463 bits per heavy atom. The number of para-hydroxylation sites is 3. The number of anilines is 2. The Labute approximate surface area is 236 Å². The van der Waals surface area contributed by atoms with E-state index in [2.05, 4.69) is 137 Å². The maximum absolute atomic E-state index is 6.15. The second kappa shape index (κ2) is 8.48. The van der Waals surface area contributed by atoms with Crippen molar-refractivity contribution in [3.05, 3.63) is 139 Å². The molecule has 0 spiro atoms. The molecule has 2 aromatic heterocycles. The summed E-state index contributed by atoms with van der Waals surface area (Å²) in [6.07, 6.45) is 4.38. The van der Waals surface area contributed by atoms with Crippen molar-refractivity contribution in [1.29, 1.82) is 0 Å². The summed E-state index contributed by atoms with van der Waals surface area (Å²) in [6.45, 7) is 0. The van der Waals surface area contributed by atoms with Gasteiger partial charge in [-0.25, -0.2) is 0 Å². The first-order chi connectivity index (χ1) is 20.3. The van der Waals surface area contributed by atoms with Crippen molar-refractivity contribution >= 4 is 67.3 Å². The van der Waals surface area contributed by atoms with Gasteiger partial charge in [0.1, 0.15) is 11.2 Å². The highest BCUT2D eigenvalue weighted by Gasteiger charge is 2.16. The Kier molecular flexibility index (Phi) is 4.61. The van der Waals surface area contributed by atoms with Crippen LogP contribution in [0.15, 0.2) is 132 Å². The van der Waals surface area contributed by atoms with Gasteiger partial charge in [-0.05, 0) is 71.3 Å². The molecule has 0 radical (unpaired) electrons. The molecule has 9 rings (SSSR count). The third kappa shape index (κ3) is 3.39. The van der Waals surface area contributed by atoms with Gasteiger partial charge in [-0.2, -0.15) is 0 Å². The lowest BCUT2D eigenvalue weighted by Crippen LogP contribution is -1.94. The van der Waals surface area contributed by atoms with Gasteiger partial charge in [0.25, 0.3) is 0 Å². The maximum atomic E-state index is 6.15. The molecular weight excluding hydrogens is 500 g/mol. The van der Waals surface area contributed by atoms with Crippen LogP contribution in [0.1, 0.15) is 11.1 Å². The van der Waals surface area contributed by atoms with E-state index in [0.29, 0.717) is 0 Å². The van der Waals surface area contributed by atoms with Crippen LogP contribution in [0.4, 0.5) is 11.4 Å². The summed E-state index contributed by atoms with van der Waals surface area (Å²) >= 11 is 0. The second-order valence-corrected chi connectivity index (χ2v) is 10.7. The number of rotatable bonds is 2. The summed E-state index contributed by atoms with van der Waals surface area (Å²) in [5, 5.41) is 8.49. The van der Waals surface area contributed by atoms with Gasteiger partial charge in [0.05, 0.1) is 11.0 Å². The molecule has 8 aromatic rings. The molecule has 0 aliphatic carbocycles. The van der Waals surface area contributed by atoms with Crippen molar-refractivity contribution in [2.75, 3.05) is 5.32 Å². The van der Waals surface area contributed by atoms with Gasteiger partial charge >= 0.3 is 0 Å². The summed E-state index contributed by atoms with van der Waals surface area (Å²) in [5.41, 5.74) is 12.2. The minimum Gasteiger partial charge on any atom is -0.456 e. The minimum absolute atomic E-state index is 0.908. The van der Waals surface area contributed by atoms with E-state index >= 15 is 0 Å². The number of aromatic nitrogens is 1. The van der Waals surface area contributed by atoms with E-state index < -0.39 is 0 Å². The zero-order chi connectivity index (χ0) is 26.9. The molecule has 1 aliphatic rings. The van der Waals surface area contributed by atoms with Crippen LogP contribution in [-0.2, 0) is 0 Å². The second-order valence-electron chi connectivity index (χ2n) is 10.7. The quantitative estimate of drug-likeness (QED) is 0.244. The molecule has 3 nitrogen and oxygen atoms in total. The molecule has 0 amide bonds. The molecule has 0 fully saturated rings. The van der Waals surface area contributed by atoms with Crippen molar-refractivity contribution < 1.29 is 4.42 Å². The first-order valence-electron chi connectivity index (χ1n) is 13.9. The molecule has 1 aliphatic heterocycles. The highest BCUT2D eigenvalue weighted by Crippen LogP contribution is 2.39. The van der Waals surface area contributed by atoms with Crippen molar-refractivity contribution in [2.45, 2.75) is 0 Å². The summed E-state index contributed by atoms with van der Waals surface area (Å²) in [4.78, 5) is 0. The van der Waals surface area contributed by atoms with E-state index in [-0.39, 0.29) is 0 Å². The van der Waals surface area contributed by atoms with E-state index in [1.165, 1.54) is 38.6 Å².